The number of hydrogen-bond donors (Lipinski definition) is 2. The van der Waals surface area contributed by atoms with E-state index >= 15 is 9.59 Å². The van der Waals surface area contributed by atoms with Crippen molar-refractivity contribution in [1.29, 1.82) is 0 Å². The SMILES string of the molecule is COc1ccc(C2O[C@H](C(=O)O[C@H]3C(=O)[C@]4(C)[C@@H](OC(=O)OCC(Cl)(Cl)Cl)C[C@H]5OC[C@@]5(OC(C)=O)[C@H]4[C@H](OC(=O)c4ccccc4)[C@]4(O)C[C@H](O)C(C)=C3C4(C)C)[C@@H](c3ccccc3)N2C(=O)OC(C)(C)C)cc1. The van der Waals surface area contributed by atoms with Crippen LogP contribution in [-0.4, -0.2) is 129 Å². The summed E-state index contributed by atoms with van der Waals surface area (Å²) in [5.41, 5.74) is -8.67. The highest BCUT2D eigenvalue weighted by Crippen LogP contribution is 2.65. The quantitative estimate of drug-likeness (QED) is 0.0842. The first kappa shape index (κ1) is 55.8. The third-order valence-corrected chi connectivity index (χ3v) is 15.5. The van der Waals surface area contributed by atoms with E-state index in [0.29, 0.717) is 16.9 Å². The number of nitrogens with zero attached hydrogens (tertiary/aromatic N) is 1. The van der Waals surface area contributed by atoms with Crippen LogP contribution in [0.25, 0.3) is 0 Å². The van der Waals surface area contributed by atoms with Gasteiger partial charge in [-0.1, -0.05) is 109 Å². The van der Waals surface area contributed by atoms with Gasteiger partial charge >= 0.3 is 30.2 Å². The highest BCUT2D eigenvalue weighted by Gasteiger charge is 2.79. The molecule has 0 spiro atoms. The van der Waals surface area contributed by atoms with Gasteiger partial charge in [0.2, 0.25) is 3.79 Å². The van der Waals surface area contributed by atoms with Crippen LogP contribution in [0.15, 0.2) is 96.1 Å². The molecule has 18 nitrogen and oxygen atoms in total. The summed E-state index contributed by atoms with van der Waals surface area (Å²) in [6, 6.07) is 21.6. The summed E-state index contributed by atoms with van der Waals surface area (Å²) in [4.78, 5) is 89.8. The largest absolute Gasteiger partial charge is 0.508 e. The third-order valence-electron chi connectivity index (χ3n) is 15.2. The Morgan fingerprint density at radius 3 is 2.05 bits per heavy atom. The van der Waals surface area contributed by atoms with Crippen LogP contribution in [0.1, 0.15) is 102 Å². The Morgan fingerprint density at radius 2 is 1.49 bits per heavy atom. The van der Waals surface area contributed by atoms with Gasteiger partial charge in [0.25, 0.3) is 0 Å². The Kier molecular flexibility index (Phi) is 15.2. The number of Topliss-reactive ketones (excluding diaryl/α,β-unsaturated/α-hetero) is 1. The summed E-state index contributed by atoms with van der Waals surface area (Å²) in [6.07, 6.45) is -14.7. The van der Waals surface area contributed by atoms with E-state index in [9.17, 15) is 29.4 Å². The van der Waals surface area contributed by atoms with Gasteiger partial charge in [0.15, 0.2) is 29.8 Å². The lowest BCUT2D eigenvalue weighted by Gasteiger charge is -2.67. The van der Waals surface area contributed by atoms with E-state index in [4.69, 9.17) is 77.4 Å². The predicted molar refractivity (Wildman–Crippen MR) is 267 cm³/mol. The summed E-state index contributed by atoms with van der Waals surface area (Å²) in [6.45, 7) is 10.9. The Morgan fingerprint density at radius 1 is 0.867 bits per heavy atom. The van der Waals surface area contributed by atoms with E-state index in [1.165, 1.54) is 38.0 Å². The second-order valence-electron chi connectivity index (χ2n) is 21.3. The van der Waals surface area contributed by atoms with Crippen LogP contribution >= 0.6 is 34.8 Å². The molecule has 2 heterocycles. The fourth-order valence-corrected chi connectivity index (χ4v) is 11.8. The minimum Gasteiger partial charge on any atom is -0.497 e. The summed E-state index contributed by atoms with van der Waals surface area (Å²) in [7, 11) is 1.49. The van der Waals surface area contributed by atoms with Crippen molar-refractivity contribution in [3.8, 4) is 5.75 Å². The van der Waals surface area contributed by atoms with Crippen LogP contribution in [0, 0.1) is 16.7 Å². The summed E-state index contributed by atoms with van der Waals surface area (Å²) in [5, 5.41) is 26.0. The molecule has 4 fully saturated rings. The lowest BCUT2D eigenvalue weighted by molar-refractivity contribution is -0.346. The Labute approximate surface area is 448 Å². The van der Waals surface area contributed by atoms with Gasteiger partial charge in [-0.25, -0.2) is 19.2 Å². The fourth-order valence-electron chi connectivity index (χ4n) is 11.6. The Balaban J connectivity index is 1.34. The molecule has 0 radical (unpaired) electrons. The van der Waals surface area contributed by atoms with Gasteiger partial charge in [-0.15, -0.1) is 0 Å². The molecule has 1 unspecified atom stereocenters. The Bertz CT molecular complexity index is 2730. The number of alkyl halides is 3. The highest BCUT2D eigenvalue weighted by atomic mass is 35.6. The molecule has 5 aliphatic rings. The number of carbonyl (C=O) groups excluding carboxylic acids is 6. The first-order valence-corrected chi connectivity index (χ1v) is 25.4. The van der Waals surface area contributed by atoms with Gasteiger partial charge in [-0.05, 0) is 75.6 Å². The van der Waals surface area contributed by atoms with Crippen LogP contribution in [0.3, 0.4) is 0 Å². The van der Waals surface area contributed by atoms with E-state index in [0.717, 1.165) is 6.92 Å². The van der Waals surface area contributed by atoms with Gasteiger partial charge in [0.1, 0.15) is 47.9 Å². The number of benzene rings is 3. The minimum absolute atomic E-state index is 0.0313. The number of halogens is 3. The maximum atomic E-state index is 16.7. The van der Waals surface area contributed by atoms with Crippen molar-refractivity contribution in [1.82, 2.24) is 4.90 Å². The zero-order valence-electron chi connectivity index (χ0n) is 42.7. The second-order valence-corrected chi connectivity index (χ2v) is 23.8. The monoisotopic (exact) mass is 1100 g/mol. The number of ether oxygens (including phenoxy) is 9. The van der Waals surface area contributed by atoms with E-state index in [2.05, 4.69) is 0 Å². The standard InChI is InChI=1S/C54H60Cl3NO17/c1-28-34(60)25-53(66)43(73-45(62)32-18-14-11-15-19-32)41-51(8,35(70-48(65)69-27-54(55,56)57)24-36-52(41,26-68-36)74-29(2)59)42(61)39(37(28)50(53,6)7)72-46(63)40-38(30-16-12-10-13-17-30)58(47(64)75-49(3,4)5)44(71-40)31-20-22-33(67-9)23-21-31/h10-23,34-36,38-41,43-44,60,66H,24-27H2,1-9H3/t34-,35-,36+,38+,39+,40-,41-,43-,44?,51+,52-,53+/m0/s1. The molecule has 2 N–H and O–H groups in total. The molecule has 2 saturated heterocycles. The van der Waals surface area contributed by atoms with E-state index in [-0.39, 0.29) is 23.1 Å². The van der Waals surface area contributed by atoms with Crippen molar-refractivity contribution in [3.63, 3.8) is 0 Å². The van der Waals surface area contributed by atoms with E-state index in [1.807, 2.05) is 0 Å². The fraction of sp³-hybridized carbons (Fsp3) is 0.519. The number of ketones is 1. The second kappa shape index (κ2) is 20.5. The highest BCUT2D eigenvalue weighted by molar-refractivity contribution is 6.67. The van der Waals surface area contributed by atoms with Gasteiger partial charge in [0.05, 0.1) is 36.7 Å². The van der Waals surface area contributed by atoms with Crippen molar-refractivity contribution in [2.75, 3.05) is 20.3 Å². The van der Waals surface area contributed by atoms with Crippen LogP contribution in [0.4, 0.5) is 9.59 Å². The van der Waals surface area contributed by atoms with E-state index in [1.54, 1.807) is 107 Å². The van der Waals surface area contributed by atoms with Gasteiger partial charge < -0.3 is 52.8 Å². The molecule has 2 aliphatic heterocycles. The summed E-state index contributed by atoms with van der Waals surface area (Å²) in [5.74, 6) is -5.27. The molecular weight excluding hydrogens is 1040 g/mol. The smallest absolute Gasteiger partial charge is 0.497 e. The summed E-state index contributed by atoms with van der Waals surface area (Å²) >= 11 is 17.8. The molecule has 8 rings (SSSR count). The zero-order chi connectivity index (χ0) is 54.8. The van der Waals surface area contributed by atoms with Crippen molar-refractivity contribution in [2.24, 2.45) is 16.7 Å². The number of aliphatic hydroxyl groups is 2. The van der Waals surface area contributed by atoms with Crippen molar-refractivity contribution in [2.45, 2.75) is 138 Å². The van der Waals surface area contributed by atoms with Crippen molar-refractivity contribution >= 4 is 70.7 Å². The normalized spacial score (nSPS) is 32.0. The first-order chi connectivity index (χ1) is 35.1. The molecule has 21 heteroatoms. The molecule has 2 saturated carbocycles. The zero-order valence-corrected chi connectivity index (χ0v) is 45.0. The Hall–Kier alpha value is -5.47. The molecule has 0 aromatic heterocycles. The number of aliphatic hydroxyl groups excluding tert-OH is 1. The van der Waals surface area contributed by atoms with Crippen molar-refractivity contribution < 1.29 is 81.6 Å². The average Bonchev–Trinajstić information content (AvgIpc) is 3.75. The molecule has 3 aromatic rings. The number of esters is 3. The maximum absolute atomic E-state index is 16.7. The van der Waals surface area contributed by atoms with E-state index < -0.39 is 142 Å². The first-order valence-electron chi connectivity index (χ1n) is 24.3. The van der Waals surface area contributed by atoms with Gasteiger partial charge in [-0.3, -0.25) is 14.5 Å². The van der Waals surface area contributed by atoms with Gasteiger partial charge in [-0.2, -0.15) is 0 Å². The molecule has 3 aromatic carbocycles. The van der Waals surface area contributed by atoms with Gasteiger partial charge in [0, 0.05) is 30.7 Å². The number of amides is 1. The lowest BCUT2D eigenvalue weighted by atomic mass is 9.44. The van der Waals surface area contributed by atoms with Crippen LogP contribution < -0.4 is 4.74 Å². The number of rotatable bonds is 10. The molecular formula is C54H60Cl3NO17. The average molecular weight is 1100 g/mol. The number of methoxy groups -OCH3 is 1. The third kappa shape index (κ3) is 10.2. The molecule has 75 heavy (non-hydrogen) atoms. The number of hydrogen-bond acceptors (Lipinski definition) is 17. The predicted octanol–water partition coefficient (Wildman–Crippen LogP) is 8.25. The number of carbonyl (C=O) groups is 6. The minimum atomic E-state index is -2.45. The molecule has 3 aliphatic carbocycles. The molecule has 1 amide bonds. The van der Waals surface area contributed by atoms with Crippen LogP contribution in [0.5, 0.6) is 5.75 Å². The summed E-state index contributed by atoms with van der Waals surface area (Å²) < 4.78 is 52.4. The topological polar surface area (TPSA) is 229 Å². The maximum Gasteiger partial charge on any atom is 0.508 e. The van der Waals surface area contributed by atoms with Crippen LogP contribution in [-0.2, 0) is 52.3 Å². The molecule has 2 bridgehead atoms. The van der Waals surface area contributed by atoms with Crippen LogP contribution in [0.2, 0.25) is 0 Å². The lowest BCUT2D eigenvalue weighted by Crippen LogP contribution is -2.82. The molecule has 404 valence electrons. The molecule has 12 atom stereocenters. The number of fused-ring (bicyclic) bond motifs is 5. The van der Waals surface area contributed by atoms with Crippen molar-refractivity contribution in [3.05, 3.63) is 113 Å².